The zero-order valence-corrected chi connectivity index (χ0v) is 11.0. The highest BCUT2D eigenvalue weighted by Crippen LogP contribution is 2.38. The molecule has 0 aliphatic heterocycles. The Morgan fingerprint density at radius 1 is 1.47 bits per heavy atom. The number of anilines is 1. The van der Waals surface area contributed by atoms with Crippen LogP contribution in [-0.4, -0.2) is 29.2 Å². The maximum absolute atomic E-state index is 5.96. The Bertz CT molecular complexity index is 380. The van der Waals surface area contributed by atoms with Crippen molar-refractivity contribution in [3.8, 4) is 0 Å². The lowest BCUT2D eigenvalue weighted by Crippen LogP contribution is -2.14. The molecule has 94 valence electrons. The van der Waals surface area contributed by atoms with Crippen molar-refractivity contribution >= 4 is 17.4 Å². The van der Waals surface area contributed by atoms with Crippen LogP contribution in [0.25, 0.3) is 0 Å². The molecule has 1 heterocycles. The van der Waals surface area contributed by atoms with E-state index in [1.165, 1.54) is 12.8 Å². The van der Waals surface area contributed by atoms with Crippen molar-refractivity contribution in [2.45, 2.75) is 38.7 Å². The van der Waals surface area contributed by atoms with Gasteiger partial charge < -0.3 is 10.1 Å². The van der Waals surface area contributed by atoms with Crippen LogP contribution in [0, 0.1) is 0 Å². The van der Waals surface area contributed by atoms with E-state index in [-0.39, 0.29) is 6.10 Å². The Morgan fingerprint density at radius 3 is 2.88 bits per heavy atom. The Morgan fingerprint density at radius 2 is 2.24 bits per heavy atom. The molecule has 0 aromatic carbocycles. The maximum Gasteiger partial charge on any atom is 0.135 e. The molecular weight excluding hydrogens is 238 g/mol. The number of halogens is 1. The summed E-state index contributed by atoms with van der Waals surface area (Å²) < 4.78 is 5.44. The summed E-state index contributed by atoms with van der Waals surface area (Å²) in [4.78, 5) is 8.69. The fourth-order valence-corrected chi connectivity index (χ4v) is 1.71. The molecule has 0 spiro atoms. The van der Waals surface area contributed by atoms with E-state index in [2.05, 4.69) is 15.3 Å². The number of nitrogens with one attached hydrogen (secondary N) is 1. The largest absolute Gasteiger partial charge is 0.377 e. The van der Waals surface area contributed by atoms with Crippen LogP contribution in [0.5, 0.6) is 0 Å². The van der Waals surface area contributed by atoms with Crippen LogP contribution in [0.4, 0.5) is 5.82 Å². The van der Waals surface area contributed by atoms with Crippen molar-refractivity contribution in [1.82, 2.24) is 9.97 Å². The first kappa shape index (κ1) is 12.6. The summed E-state index contributed by atoms with van der Waals surface area (Å²) in [7, 11) is 0. The zero-order chi connectivity index (χ0) is 12.3. The summed E-state index contributed by atoms with van der Waals surface area (Å²) in [6.45, 7) is 5.44. The normalized spacial score (nSPS) is 15.3. The molecule has 1 aromatic rings. The quantitative estimate of drug-likeness (QED) is 0.627. The number of hydrogen-bond donors (Lipinski definition) is 1. The molecule has 0 saturated heterocycles. The van der Waals surface area contributed by atoms with E-state index in [0.29, 0.717) is 17.7 Å². The average molecular weight is 256 g/mol. The van der Waals surface area contributed by atoms with Gasteiger partial charge in [-0.05, 0) is 26.7 Å². The van der Waals surface area contributed by atoms with Gasteiger partial charge >= 0.3 is 0 Å². The first-order chi connectivity index (χ1) is 8.15. The molecule has 1 aliphatic carbocycles. The fourth-order valence-electron chi connectivity index (χ4n) is 1.52. The van der Waals surface area contributed by atoms with Crippen LogP contribution < -0.4 is 5.32 Å². The third-order valence-electron chi connectivity index (χ3n) is 2.51. The van der Waals surface area contributed by atoms with Crippen LogP contribution in [0.2, 0.25) is 5.15 Å². The monoisotopic (exact) mass is 255 g/mol. The van der Waals surface area contributed by atoms with Crippen molar-refractivity contribution in [3.05, 3.63) is 17.0 Å². The number of hydrogen-bond acceptors (Lipinski definition) is 4. The molecule has 0 amide bonds. The summed E-state index contributed by atoms with van der Waals surface area (Å²) in [6.07, 6.45) is 2.61. The number of nitrogens with zero attached hydrogens (tertiary/aromatic N) is 2. The van der Waals surface area contributed by atoms with Crippen molar-refractivity contribution in [1.29, 1.82) is 0 Å². The summed E-state index contributed by atoms with van der Waals surface area (Å²) in [5, 5.41) is 3.71. The van der Waals surface area contributed by atoms with Gasteiger partial charge in [-0.2, -0.15) is 0 Å². The van der Waals surface area contributed by atoms with Crippen molar-refractivity contribution in [2.75, 3.05) is 18.5 Å². The van der Waals surface area contributed by atoms with E-state index in [9.17, 15) is 0 Å². The van der Waals surface area contributed by atoms with E-state index >= 15 is 0 Å². The molecule has 0 radical (unpaired) electrons. The second kappa shape index (κ2) is 5.65. The topological polar surface area (TPSA) is 47.0 Å². The molecule has 4 nitrogen and oxygen atoms in total. The minimum atomic E-state index is 0.257. The van der Waals surface area contributed by atoms with Gasteiger partial charge in [-0.25, -0.2) is 9.97 Å². The SMILES string of the molecule is CC(C)OCCNc1cc(Cl)nc(C2CC2)n1. The Kier molecular flexibility index (Phi) is 4.18. The molecule has 2 rings (SSSR count). The van der Waals surface area contributed by atoms with E-state index in [1.807, 2.05) is 13.8 Å². The Labute approximate surface area is 107 Å². The summed E-state index contributed by atoms with van der Waals surface area (Å²) in [5.41, 5.74) is 0. The van der Waals surface area contributed by atoms with Gasteiger partial charge in [0.25, 0.3) is 0 Å². The molecule has 5 heteroatoms. The number of ether oxygens (including phenoxy) is 1. The van der Waals surface area contributed by atoms with Crippen LogP contribution >= 0.6 is 11.6 Å². The summed E-state index contributed by atoms with van der Waals surface area (Å²) in [5.74, 6) is 2.17. The highest BCUT2D eigenvalue weighted by Gasteiger charge is 2.27. The molecule has 0 bridgehead atoms. The van der Waals surface area contributed by atoms with Gasteiger partial charge in [-0.3, -0.25) is 0 Å². The molecule has 0 atom stereocenters. The maximum atomic E-state index is 5.96. The van der Waals surface area contributed by atoms with E-state index < -0.39 is 0 Å². The van der Waals surface area contributed by atoms with E-state index in [0.717, 1.165) is 18.2 Å². The van der Waals surface area contributed by atoms with Gasteiger partial charge in [0.1, 0.15) is 16.8 Å². The van der Waals surface area contributed by atoms with E-state index in [4.69, 9.17) is 16.3 Å². The molecule has 1 aromatic heterocycles. The van der Waals surface area contributed by atoms with Crippen molar-refractivity contribution < 1.29 is 4.74 Å². The lowest BCUT2D eigenvalue weighted by atomic mass is 10.4. The van der Waals surface area contributed by atoms with Crippen molar-refractivity contribution in [3.63, 3.8) is 0 Å². The van der Waals surface area contributed by atoms with Gasteiger partial charge in [-0.1, -0.05) is 11.6 Å². The highest BCUT2D eigenvalue weighted by molar-refractivity contribution is 6.29. The van der Waals surface area contributed by atoms with Gasteiger partial charge in [0.2, 0.25) is 0 Å². The molecule has 1 N–H and O–H groups in total. The van der Waals surface area contributed by atoms with Crippen LogP contribution in [0.1, 0.15) is 38.4 Å². The molecule has 1 aliphatic rings. The summed E-state index contributed by atoms with van der Waals surface area (Å²) in [6, 6.07) is 1.75. The summed E-state index contributed by atoms with van der Waals surface area (Å²) >= 11 is 5.96. The molecule has 0 unspecified atom stereocenters. The van der Waals surface area contributed by atoms with Gasteiger partial charge in [0.15, 0.2) is 0 Å². The standard InChI is InChI=1S/C12H18ClN3O/c1-8(2)17-6-5-14-11-7-10(13)15-12(16-11)9-3-4-9/h7-9H,3-6H2,1-2H3,(H,14,15,16). The lowest BCUT2D eigenvalue weighted by molar-refractivity contribution is 0.0870. The first-order valence-electron chi connectivity index (χ1n) is 6.05. The number of rotatable bonds is 6. The molecule has 1 fully saturated rings. The minimum Gasteiger partial charge on any atom is -0.377 e. The average Bonchev–Trinajstić information content (AvgIpc) is 3.07. The van der Waals surface area contributed by atoms with Crippen molar-refractivity contribution in [2.24, 2.45) is 0 Å². The Balaban J connectivity index is 1.87. The van der Waals surface area contributed by atoms with Crippen LogP contribution in [-0.2, 0) is 4.74 Å². The fraction of sp³-hybridized carbons (Fsp3) is 0.667. The smallest absolute Gasteiger partial charge is 0.135 e. The van der Waals surface area contributed by atoms with Gasteiger partial charge in [0.05, 0.1) is 12.7 Å². The van der Waals surface area contributed by atoms with Gasteiger partial charge in [0, 0.05) is 18.5 Å². The second-order valence-electron chi connectivity index (χ2n) is 4.55. The van der Waals surface area contributed by atoms with Crippen LogP contribution in [0.15, 0.2) is 6.07 Å². The number of aromatic nitrogens is 2. The van der Waals surface area contributed by atoms with Gasteiger partial charge in [-0.15, -0.1) is 0 Å². The minimum absolute atomic E-state index is 0.257. The third kappa shape index (κ3) is 4.13. The molecule has 1 saturated carbocycles. The predicted octanol–water partition coefficient (Wildman–Crippen LogP) is 2.84. The second-order valence-corrected chi connectivity index (χ2v) is 4.94. The molecule has 17 heavy (non-hydrogen) atoms. The lowest BCUT2D eigenvalue weighted by Gasteiger charge is -2.09. The first-order valence-corrected chi connectivity index (χ1v) is 6.43. The third-order valence-corrected chi connectivity index (χ3v) is 2.71. The highest BCUT2D eigenvalue weighted by atomic mass is 35.5. The van der Waals surface area contributed by atoms with E-state index in [1.54, 1.807) is 6.07 Å². The molecular formula is C12H18ClN3O. The zero-order valence-electron chi connectivity index (χ0n) is 10.2. The van der Waals surface area contributed by atoms with Crippen LogP contribution in [0.3, 0.4) is 0 Å². The Hall–Kier alpha value is -0.870. The predicted molar refractivity (Wildman–Crippen MR) is 68.6 cm³/mol.